The number of thiophene rings is 1. The van der Waals surface area contributed by atoms with Crippen molar-refractivity contribution in [1.29, 1.82) is 0 Å². The van der Waals surface area contributed by atoms with E-state index in [0.29, 0.717) is 0 Å². The van der Waals surface area contributed by atoms with Crippen LogP contribution >= 0.6 is 27.3 Å². The molecule has 0 bridgehead atoms. The van der Waals surface area contributed by atoms with E-state index in [-0.39, 0.29) is 12.0 Å². The van der Waals surface area contributed by atoms with Gasteiger partial charge >= 0.3 is 5.97 Å². The van der Waals surface area contributed by atoms with E-state index in [2.05, 4.69) is 21.2 Å². The van der Waals surface area contributed by atoms with Crippen LogP contribution < -0.4 is 5.32 Å². The molecule has 2 N–H and O–H groups in total. The Kier molecular flexibility index (Phi) is 3.43. The third-order valence-electron chi connectivity index (χ3n) is 2.81. The normalized spacial score (nSPS) is 24.9. The van der Waals surface area contributed by atoms with Crippen LogP contribution in [0.4, 0.5) is 0 Å². The molecular formula is C10H12BrNO2S. The Morgan fingerprint density at radius 1 is 1.67 bits per heavy atom. The maximum Gasteiger partial charge on any atom is 0.308 e. The van der Waals surface area contributed by atoms with E-state index < -0.39 is 5.97 Å². The summed E-state index contributed by atoms with van der Waals surface area (Å²) in [5, 5.41) is 14.2. The van der Waals surface area contributed by atoms with Gasteiger partial charge in [-0.3, -0.25) is 4.79 Å². The monoisotopic (exact) mass is 289 g/mol. The summed E-state index contributed by atoms with van der Waals surface area (Å²) in [5.41, 5.74) is 0. The summed E-state index contributed by atoms with van der Waals surface area (Å²) in [6.45, 7) is 0.757. The lowest BCUT2D eigenvalue weighted by molar-refractivity contribution is -0.146. The molecule has 1 aliphatic rings. The van der Waals surface area contributed by atoms with E-state index in [4.69, 9.17) is 5.11 Å². The molecule has 0 spiro atoms. The van der Waals surface area contributed by atoms with Gasteiger partial charge in [-0.1, -0.05) is 0 Å². The van der Waals surface area contributed by atoms with Crippen molar-refractivity contribution in [3.63, 3.8) is 0 Å². The fourth-order valence-electron chi connectivity index (χ4n) is 1.71. The average molecular weight is 290 g/mol. The van der Waals surface area contributed by atoms with E-state index in [0.717, 1.165) is 23.9 Å². The molecule has 1 heterocycles. The summed E-state index contributed by atoms with van der Waals surface area (Å²) in [4.78, 5) is 12.0. The fraction of sp³-hybridized carbons (Fsp3) is 0.500. The molecule has 5 heteroatoms. The molecule has 0 radical (unpaired) electrons. The van der Waals surface area contributed by atoms with Crippen LogP contribution in [0, 0.1) is 5.92 Å². The van der Waals surface area contributed by atoms with Crippen molar-refractivity contribution in [2.75, 3.05) is 0 Å². The largest absolute Gasteiger partial charge is 0.481 e. The number of carboxylic acids is 1. The van der Waals surface area contributed by atoms with E-state index >= 15 is 0 Å². The summed E-state index contributed by atoms with van der Waals surface area (Å²) in [6, 6.07) is 2.16. The number of halogens is 1. The SMILES string of the molecule is O=C(O)C1CCC1NCc1sccc1Br. The second-order valence-electron chi connectivity index (χ2n) is 3.70. The highest BCUT2D eigenvalue weighted by Crippen LogP contribution is 2.29. The van der Waals surface area contributed by atoms with Crippen molar-refractivity contribution < 1.29 is 9.90 Å². The Labute approximate surface area is 101 Å². The van der Waals surface area contributed by atoms with Gasteiger partial charge in [0.05, 0.1) is 5.92 Å². The maximum absolute atomic E-state index is 10.8. The minimum Gasteiger partial charge on any atom is -0.481 e. The smallest absolute Gasteiger partial charge is 0.308 e. The van der Waals surface area contributed by atoms with Crippen LogP contribution in [0.5, 0.6) is 0 Å². The molecule has 82 valence electrons. The summed E-state index contributed by atoms with van der Waals surface area (Å²) < 4.78 is 1.10. The summed E-state index contributed by atoms with van der Waals surface area (Å²) in [5.74, 6) is -0.868. The highest BCUT2D eigenvalue weighted by atomic mass is 79.9. The quantitative estimate of drug-likeness (QED) is 0.895. The predicted octanol–water partition coefficient (Wildman–Crippen LogP) is 2.46. The number of carbonyl (C=O) groups is 1. The molecule has 15 heavy (non-hydrogen) atoms. The molecule has 0 aliphatic heterocycles. The van der Waals surface area contributed by atoms with Gasteiger partial charge in [0.1, 0.15) is 0 Å². The Morgan fingerprint density at radius 2 is 2.47 bits per heavy atom. The lowest BCUT2D eigenvalue weighted by atomic mass is 9.79. The molecule has 0 amide bonds. The number of hydrogen-bond donors (Lipinski definition) is 2. The van der Waals surface area contributed by atoms with E-state index in [1.165, 1.54) is 4.88 Å². The van der Waals surface area contributed by atoms with Crippen LogP contribution in [0.3, 0.4) is 0 Å². The number of carboxylic acid groups (broad SMARTS) is 1. The average Bonchev–Trinajstić information content (AvgIpc) is 2.49. The molecule has 1 aliphatic carbocycles. The second-order valence-corrected chi connectivity index (χ2v) is 5.56. The van der Waals surface area contributed by atoms with E-state index in [1.54, 1.807) is 11.3 Å². The molecule has 0 aromatic carbocycles. The van der Waals surface area contributed by atoms with Crippen LogP contribution in [0.2, 0.25) is 0 Å². The maximum atomic E-state index is 10.8. The Bertz CT molecular complexity index is 366. The zero-order valence-corrected chi connectivity index (χ0v) is 10.5. The lowest BCUT2D eigenvalue weighted by Crippen LogP contribution is -2.47. The number of rotatable bonds is 4. The highest BCUT2D eigenvalue weighted by molar-refractivity contribution is 9.10. The topological polar surface area (TPSA) is 49.3 Å². The molecule has 2 atom stereocenters. The molecule has 0 saturated heterocycles. The van der Waals surface area contributed by atoms with Crippen molar-refractivity contribution in [3.8, 4) is 0 Å². The third-order valence-corrected chi connectivity index (χ3v) is 4.73. The minimum atomic E-state index is -0.677. The third kappa shape index (κ3) is 2.41. The Hall–Kier alpha value is -0.390. The first-order chi connectivity index (χ1) is 7.18. The molecule has 1 fully saturated rings. The van der Waals surface area contributed by atoms with Crippen molar-refractivity contribution >= 4 is 33.2 Å². The second kappa shape index (κ2) is 4.63. The van der Waals surface area contributed by atoms with Crippen LogP contribution in [-0.4, -0.2) is 17.1 Å². The van der Waals surface area contributed by atoms with Crippen LogP contribution in [0.25, 0.3) is 0 Å². The summed E-state index contributed by atoms with van der Waals surface area (Å²) in [6.07, 6.45) is 1.78. The molecule has 2 unspecified atom stereocenters. The van der Waals surface area contributed by atoms with Gasteiger partial charge in [-0.25, -0.2) is 0 Å². The highest BCUT2D eigenvalue weighted by Gasteiger charge is 2.36. The molecule has 3 nitrogen and oxygen atoms in total. The van der Waals surface area contributed by atoms with Gasteiger partial charge < -0.3 is 10.4 Å². The van der Waals surface area contributed by atoms with Crippen molar-refractivity contribution in [2.24, 2.45) is 5.92 Å². The number of nitrogens with one attached hydrogen (secondary N) is 1. The number of hydrogen-bond acceptors (Lipinski definition) is 3. The van der Waals surface area contributed by atoms with Crippen LogP contribution in [-0.2, 0) is 11.3 Å². The zero-order chi connectivity index (χ0) is 10.8. The Morgan fingerprint density at radius 3 is 2.93 bits per heavy atom. The van der Waals surface area contributed by atoms with E-state index in [9.17, 15) is 4.79 Å². The molecular weight excluding hydrogens is 278 g/mol. The zero-order valence-electron chi connectivity index (χ0n) is 8.07. The van der Waals surface area contributed by atoms with Crippen LogP contribution in [0.1, 0.15) is 17.7 Å². The standard InChI is InChI=1S/C10H12BrNO2S/c11-7-3-4-15-9(7)5-12-8-2-1-6(8)10(13)14/h3-4,6,8,12H,1-2,5H2,(H,13,14). The molecule has 1 saturated carbocycles. The summed E-state index contributed by atoms with van der Waals surface area (Å²) >= 11 is 5.13. The van der Waals surface area contributed by atoms with Crippen molar-refractivity contribution in [1.82, 2.24) is 5.32 Å². The first-order valence-electron chi connectivity index (χ1n) is 4.86. The first kappa shape index (κ1) is 11.1. The molecule has 1 aromatic rings. The molecule has 2 rings (SSSR count). The fourth-order valence-corrected chi connectivity index (χ4v) is 3.16. The Balaban J connectivity index is 1.84. The lowest BCUT2D eigenvalue weighted by Gasteiger charge is -2.34. The van der Waals surface area contributed by atoms with E-state index in [1.807, 2.05) is 11.4 Å². The minimum absolute atomic E-state index is 0.150. The van der Waals surface area contributed by atoms with Gasteiger partial charge in [-0.2, -0.15) is 0 Å². The van der Waals surface area contributed by atoms with Crippen molar-refractivity contribution in [3.05, 3.63) is 20.8 Å². The van der Waals surface area contributed by atoms with Crippen molar-refractivity contribution in [2.45, 2.75) is 25.4 Å². The van der Waals surface area contributed by atoms with Crippen LogP contribution in [0.15, 0.2) is 15.9 Å². The summed E-state index contributed by atoms with van der Waals surface area (Å²) in [7, 11) is 0. The van der Waals surface area contributed by atoms with Gasteiger partial charge in [-0.05, 0) is 40.2 Å². The number of aliphatic carboxylic acids is 1. The van der Waals surface area contributed by atoms with Gasteiger partial charge in [0, 0.05) is 21.9 Å². The van der Waals surface area contributed by atoms with Gasteiger partial charge in [0.2, 0.25) is 0 Å². The van der Waals surface area contributed by atoms with Gasteiger partial charge in [0.15, 0.2) is 0 Å². The predicted molar refractivity (Wildman–Crippen MR) is 63.0 cm³/mol. The van der Waals surface area contributed by atoms with Gasteiger partial charge in [-0.15, -0.1) is 11.3 Å². The molecule has 1 aromatic heterocycles. The first-order valence-corrected chi connectivity index (χ1v) is 6.54. The van der Waals surface area contributed by atoms with Gasteiger partial charge in [0.25, 0.3) is 0 Å².